The van der Waals surface area contributed by atoms with Crippen LogP contribution in [-0.4, -0.2) is 89.7 Å². The number of piperidine rings is 1. The first-order valence-corrected chi connectivity index (χ1v) is 16.5. The fraction of sp³-hybridized carbons (Fsp3) is 0.657. The minimum absolute atomic E-state index is 0.0152. The Morgan fingerprint density at radius 1 is 0.955 bits per heavy atom. The Hall–Kier alpha value is -3.20. The van der Waals surface area contributed by atoms with Gasteiger partial charge in [0.2, 0.25) is 17.7 Å². The van der Waals surface area contributed by atoms with Crippen molar-refractivity contribution in [1.82, 2.24) is 20.0 Å². The molecule has 2 aliphatic heterocycles. The van der Waals surface area contributed by atoms with E-state index >= 15 is 0 Å². The minimum Gasteiger partial charge on any atom is -0.456 e. The van der Waals surface area contributed by atoms with E-state index in [4.69, 9.17) is 4.74 Å². The Labute approximate surface area is 263 Å². The first kappa shape index (κ1) is 33.7. The molecule has 242 valence electrons. The van der Waals surface area contributed by atoms with Gasteiger partial charge in [-0.15, -0.1) is 0 Å². The number of fused-ring (bicyclic) bond motifs is 1. The Morgan fingerprint density at radius 2 is 1.66 bits per heavy atom. The van der Waals surface area contributed by atoms with Crippen LogP contribution in [0.2, 0.25) is 0 Å². The lowest BCUT2D eigenvalue weighted by atomic mass is 9.96. The number of carbonyl (C=O) groups excluding carboxylic acids is 4. The molecule has 0 radical (unpaired) electrons. The van der Waals surface area contributed by atoms with E-state index in [9.17, 15) is 19.2 Å². The molecule has 1 aliphatic carbocycles. The van der Waals surface area contributed by atoms with Crippen molar-refractivity contribution in [3.05, 3.63) is 47.0 Å². The second kappa shape index (κ2) is 14.7. The van der Waals surface area contributed by atoms with Gasteiger partial charge in [-0.05, 0) is 82.0 Å². The van der Waals surface area contributed by atoms with Crippen LogP contribution in [0.1, 0.15) is 90.4 Å². The number of benzene rings is 1. The summed E-state index contributed by atoms with van der Waals surface area (Å²) in [7, 11) is 3.70. The molecular weight excluding hydrogens is 556 g/mol. The molecule has 2 saturated heterocycles. The smallest absolute Gasteiger partial charge is 0.329 e. The topological polar surface area (TPSA) is 99.3 Å². The second-order valence-electron chi connectivity index (χ2n) is 13.6. The zero-order chi connectivity index (χ0) is 32.1. The molecule has 44 heavy (non-hydrogen) atoms. The highest BCUT2D eigenvalue weighted by molar-refractivity contribution is 5.96. The lowest BCUT2D eigenvalue weighted by molar-refractivity contribution is -0.157. The molecule has 4 rings (SSSR count). The first-order chi connectivity index (χ1) is 20.9. The number of carbonyl (C=O) groups is 4. The highest BCUT2D eigenvalue weighted by Crippen LogP contribution is 2.35. The van der Waals surface area contributed by atoms with Gasteiger partial charge in [0.15, 0.2) is 0 Å². The number of likely N-dealkylation sites (tertiary alicyclic amines) is 2. The Bertz CT molecular complexity index is 1240. The number of esters is 1. The van der Waals surface area contributed by atoms with E-state index in [2.05, 4.69) is 16.3 Å². The Morgan fingerprint density at radius 3 is 2.34 bits per heavy atom. The average Bonchev–Trinajstić information content (AvgIpc) is 3.65. The van der Waals surface area contributed by atoms with Gasteiger partial charge in [-0.2, -0.15) is 0 Å². The van der Waals surface area contributed by atoms with Crippen LogP contribution >= 0.6 is 0 Å². The van der Waals surface area contributed by atoms with E-state index in [0.29, 0.717) is 18.5 Å². The fourth-order valence-electron chi connectivity index (χ4n) is 6.96. The number of likely N-dealkylation sites (N-methyl/N-ethyl adjacent to an activating group) is 2. The quantitative estimate of drug-likeness (QED) is 0.315. The summed E-state index contributed by atoms with van der Waals surface area (Å²) in [5.41, 5.74) is 2.76. The number of aryl methyl sites for hydroxylation is 1. The van der Waals surface area contributed by atoms with E-state index in [1.165, 1.54) is 5.56 Å². The molecule has 1 aromatic rings. The van der Waals surface area contributed by atoms with Gasteiger partial charge >= 0.3 is 5.97 Å². The number of nitrogens with one attached hydrogen (secondary N) is 1. The van der Waals surface area contributed by atoms with Gasteiger partial charge in [0.1, 0.15) is 18.2 Å². The molecule has 9 nitrogen and oxygen atoms in total. The summed E-state index contributed by atoms with van der Waals surface area (Å²) in [6, 6.07) is 6.16. The highest BCUT2D eigenvalue weighted by atomic mass is 16.5. The van der Waals surface area contributed by atoms with E-state index in [1.54, 1.807) is 23.8 Å². The molecule has 5 atom stereocenters. The van der Waals surface area contributed by atoms with Gasteiger partial charge in [-0.25, -0.2) is 4.79 Å². The predicted octanol–water partition coefficient (Wildman–Crippen LogP) is 4.26. The van der Waals surface area contributed by atoms with E-state index in [-0.39, 0.29) is 53.7 Å². The lowest BCUT2D eigenvalue weighted by Gasteiger charge is -2.36. The highest BCUT2D eigenvalue weighted by Gasteiger charge is 2.39. The maximum atomic E-state index is 13.8. The van der Waals surface area contributed by atoms with E-state index in [1.807, 2.05) is 59.0 Å². The summed E-state index contributed by atoms with van der Waals surface area (Å²) >= 11 is 0. The van der Waals surface area contributed by atoms with Crippen LogP contribution in [-0.2, 0) is 30.3 Å². The minimum atomic E-state index is -0.674. The van der Waals surface area contributed by atoms with Crippen LogP contribution in [0.25, 0.3) is 0 Å². The lowest BCUT2D eigenvalue weighted by Crippen LogP contribution is -2.57. The van der Waals surface area contributed by atoms with Gasteiger partial charge in [0.05, 0.1) is 12.1 Å². The maximum absolute atomic E-state index is 13.8. The summed E-state index contributed by atoms with van der Waals surface area (Å²) in [5.74, 6) is -0.939. The number of ether oxygens (including phenoxy) is 1. The molecule has 0 spiro atoms. The number of rotatable bonds is 10. The number of hydrogen-bond donors (Lipinski definition) is 1. The molecule has 0 aromatic heterocycles. The van der Waals surface area contributed by atoms with Crippen LogP contribution in [0.15, 0.2) is 35.9 Å². The first-order valence-electron chi connectivity index (χ1n) is 16.5. The van der Waals surface area contributed by atoms with Crippen LogP contribution in [0, 0.1) is 11.8 Å². The van der Waals surface area contributed by atoms with Crippen molar-refractivity contribution in [2.24, 2.45) is 11.8 Å². The van der Waals surface area contributed by atoms with E-state index in [0.717, 1.165) is 50.6 Å². The van der Waals surface area contributed by atoms with Gasteiger partial charge in [-0.3, -0.25) is 19.3 Å². The average molecular weight is 609 g/mol. The largest absolute Gasteiger partial charge is 0.456 e. The normalized spacial score (nSPS) is 23.8. The van der Waals surface area contributed by atoms with Crippen molar-refractivity contribution in [2.75, 3.05) is 27.2 Å². The zero-order valence-electron chi connectivity index (χ0n) is 27.7. The van der Waals surface area contributed by atoms with Crippen molar-refractivity contribution >= 4 is 23.7 Å². The maximum Gasteiger partial charge on any atom is 0.329 e. The number of hydrogen-bond acceptors (Lipinski definition) is 6. The molecule has 3 amide bonds. The molecule has 1 N–H and O–H groups in total. The molecule has 0 bridgehead atoms. The van der Waals surface area contributed by atoms with Crippen molar-refractivity contribution in [3.63, 3.8) is 0 Å². The Balaban J connectivity index is 1.44. The summed E-state index contributed by atoms with van der Waals surface area (Å²) in [5, 5.41) is 3.05. The van der Waals surface area contributed by atoms with Gasteiger partial charge in [0.25, 0.3) is 0 Å². The molecule has 3 aliphatic rings. The summed E-state index contributed by atoms with van der Waals surface area (Å²) in [6.45, 7) is 11.0. The van der Waals surface area contributed by atoms with Crippen LogP contribution in [0.5, 0.6) is 0 Å². The van der Waals surface area contributed by atoms with E-state index < -0.39 is 12.1 Å². The molecular formula is C35H52N4O5. The predicted molar refractivity (Wildman–Crippen MR) is 171 cm³/mol. The van der Waals surface area contributed by atoms with Crippen LogP contribution in [0.3, 0.4) is 0 Å². The third kappa shape index (κ3) is 7.53. The number of amides is 3. The SMILES string of the molecule is CC(=C[C@H](C(C)C)N(C)C(=O)[C@@H](NC(=O)[C@H]1CCCCN1C)C(C)C)C(=O)N1CCC[C@H]1C(=O)O[C@@H]1CCc2ccccc21. The standard InChI is InChI=1S/C35H52N4O5/c1-22(2)29(38(7)34(42)31(23(3)4)36-32(40)27-15-10-11-19-37(27)6)21-24(5)33(41)39-20-12-16-28(39)35(43)44-30-18-17-25-13-8-9-14-26(25)30/h8-9,13-14,21-23,27-31H,10-12,15-20H2,1-7H3,(H,36,40)/t27-,28+,29-,30-,31+/m1/s1. The van der Waals surface area contributed by atoms with Crippen molar-refractivity contribution in [2.45, 2.75) is 110 Å². The number of nitrogens with zero attached hydrogens (tertiary/aromatic N) is 3. The van der Waals surface area contributed by atoms with Crippen molar-refractivity contribution in [3.8, 4) is 0 Å². The van der Waals surface area contributed by atoms with Gasteiger partial charge in [0, 0.05) is 19.2 Å². The molecule has 0 saturated carbocycles. The summed E-state index contributed by atoms with van der Waals surface area (Å²) in [6.07, 6.45) is 7.38. The van der Waals surface area contributed by atoms with Crippen molar-refractivity contribution < 1.29 is 23.9 Å². The van der Waals surface area contributed by atoms with Gasteiger partial charge in [-0.1, -0.05) is 64.5 Å². The van der Waals surface area contributed by atoms with Crippen LogP contribution in [0.4, 0.5) is 0 Å². The summed E-state index contributed by atoms with van der Waals surface area (Å²) < 4.78 is 5.96. The Kier molecular flexibility index (Phi) is 11.3. The van der Waals surface area contributed by atoms with Crippen molar-refractivity contribution in [1.29, 1.82) is 0 Å². The summed E-state index contributed by atoms with van der Waals surface area (Å²) in [4.78, 5) is 59.4. The zero-order valence-corrected chi connectivity index (χ0v) is 27.7. The van der Waals surface area contributed by atoms with Crippen LogP contribution < -0.4 is 5.32 Å². The fourth-order valence-corrected chi connectivity index (χ4v) is 6.96. The molecule has 2 fully saturated rings. The van der Waals surface area contributed by atoms with Gasteiger partial charge < -0.3 is 19.9 Å². The molecule has 2 heterocycles. The molecule has 0 unspecified atom stereocenters. The molecule has 9 heteroatoms. The third-order valence-electron chi connectivity index (χ3n) is 9.66. The monoisotopic (exact) mass is 608 g/mol. The third-order valence-corrected chi connectivity index (χ3v) is 9.66. The second-order valence-corrected chi connectivity index (χ2v) is 13.6. The molecule has 1 aromatic carbocycles.